The molecule has 0 aromatic rings. The fraction of sp³-hybridized carbons (Fsp3) is 0.895. The molecule has 2 amide bonds. The van der Waals surface area contributed by atoms with E-state index in [1.165, 1.54) is 25.7 Å². The third-order valence-electron chi connectivity index (χ3n) is 5.65. The minimum absolute atomic E-state index is 0.189. The minimum atomic E-state index is -0.455. The van der Waals surface area contributed by atoms with Crippen molar-refractivity contribution in [3.8, 4) is 0 Å². The van der Waals surface area contributed by atoms with Gasteiger partial charge in [-0.3, -0.25) is 4.79 Å². The van der Waals surface area contributed by atoms with E-state index < -0.39 is 5.60 Å². The first-order chi connectivity index (χ1) is 11.3. The third kappa shape index (κ3) is 4.22. The number of hydrogen-bond acceptors (Lipinski definition) is 3. The summed E-state index contributed by atoms with van der Waals surface area (Å²) in [5.41, 5.74) is -0.455. The number of piperidine rings is 1. The first-order valence-corrected chi connectivity index (χ1v) is 9.62. The van der Waals surface area contributed by atoms with E-state index in [0.29, 0.717) is 12.3 Å². The molecular weight excluding hydrogens is 304 g/mol. The number of hydrogen-bond donors (Lipinski definition) is 1. The molecule has 0 aromatic carbocycles. The van der Waals surface area contributed by atoms with Crippen molar-refractivity contribution in [2.45, 2.75) is 102 Å². The second-order valence-corrected chi connectivity index (χ2v) is 8.86. The van der Waals surface area contributed by atoms with Crippen molar-refractivity contribution >= 4 is 12.0 Å². The number of carbonyl (C=O) groups is 2. The Morgan fingerprint density at radius 2 is 1.62 bits per heavy atom. The molecule has 2 bridgehead atoms. The second-order valence-electron chi connectivity index (χ2n) is 8.86. The molecule has 1 N–H and O–H groups in total. The van der Waals surface area contributed by atoms with E-state index in [1.807, 2.05) is 25.7 Å². The van der Waals surface area contributed by atoms with Gasteiger partial charge in [0.05, 0.1) is 0 Å². The van der Waals surface area contributed by atoms with E-state index >= 15 is 0 Å². The monoisotopic (exact) mass is 336 g/mol. The quantitative estimate of drug-likeness (QED) is 0.856. The van der Waals surface area contributed by atoms with E-state index in [2.05, 4.69) is 5.32 Å². The molecule has 5 nitrogen and oxygen atoms in total. The Hall–Kier alpha value is -1.26. The predicted molar refractivity (Wildman–Crippen MR) is 92.6 cm³/mol. The molecule has 3 rings (SSSR count). The van der Waals surface area contributed by atoms with Gasteiger partial charge in [0, 0.05) is 24.5 Å². The van der Waals surface area contributed by atoms with E-state index in [1.54, 1.807) is 0 Å². The molecule has 1 aliphatic carbocycles. The molecule has 136 valence electrons. The summed E-state index contributed by atoms with van der Waals surface area (Å²) in [5.74, 6) is 0.792. The topological polar surface area (TPSA) is 58.6 Å². The van der Waals surface area contributed by atoms with Gasteiger partial charge in [0.1, 0.15) is 5.60 Å². The number of fused-ring (bicyclic) bond motifs is 2. The maximum atomic E-state index is 12.4. The highest BCUT2D eigenvalue weighted by Gasteiger charge is 2.45. The highest BCUT2D eigenvalue weighted by Crippen LogP contribution is 2.37. The van der Waals surface area contributed by atoms with Gasteiger partial charge in [0.15, 0.2) is 0 Å². The highest BCUT2D eigenvalue weighted by molar-refractivity contribution is 5.76. The zero-order valence-corrected chi connectivity index (χ0v) is 15.3. The molecule has 5 heteroatoms. The molecule has 1 saturated carbocycles. The predicted octanol–water partition coefficient (Wildman–Crippen LogP) is 3.61. The number of ether oxygens (including phenoxy) is 1. The molecule has 0 radical (unpaired) electrons. The van der Waals surface area contributed by atoms with Gasteiger partial charge in [0.2, 0.25) is 5.91 Å². The minimum Gasteiger partial charge on any atom is -0.444 e. The molecule has 2 unspecified atom stereocenters. The number of amides is 2. The average molecular weight is 336 g/mol. The van der Waals surface area contributed by atoms with Gasteiger partial charge in [-0.15, -0.1) is 0 Å². The van der Waals surface area contributed by atoms with Crippen LogP contribution >= 0.6 is 0 Å². The second kappa shape index (κ2) is 6.93. The molecule has 2 aliphatic heterocycles. The largest absolute Gasteiger partial charge is 0.444 e. The lowest BCUT2D eigenvalue weighted by molar-refractivity contribution is -0.123. The number of nitrogens with zero attached hydrogens (tertiary/aromatic N) is 1. The normalized spacial score (nSPS) is 30.5. The van der Waals surface area contributed by atoms with Crippen LogP contribution in [0.2, 0.25) is 0 Å². The molecule has 24 heavy (non-hydrogen) atoms. The van der Waals surface area contributed by atoms with Crippen LogP contribution in [0.15, 0.2) is 0 Å². The Kier molecular flexibility index (Phi) is 5.07. The number of nitrogens with one attached hydrogen (secondary N) is 1. The van der Waals surface area contributed by atoms with E-state index in [9.17, 15) is 9.59 Å². The molecule has 0 spiro atoms. The number of carbonyl (C=O) groups excluding carboxylic acids is 2. The van der Waals surface area contributed by atoms with Crippen molar-refractivity contribution in [3.05, 3.63) is 0 Å². The standard InChI is InChI=1S/C19H32N2O3/c1-19(2,3)24-18(23)21-15-8-9-16(21)12-14(11-15)20-17(22)10-13-6-4-5-7-13/h13-16H,4-12H2,1-3H3,(H,20,22). The Labute approximate surface area is 145 Å². The lowest BCUT2D eigenvalue weighted by atomic mass is 9.96. The first kappa shape index (κ1) is 17.6. The fourth-order valence-electron chi connectivity index (χ4n) is 4.67. The Morgan fingerprint density at radius 3 is 2.17 bits per heavy atom. The zero-order valence-electron chi connectivity index (χ0n) is 15.3. The van der Waals surface area contributed by atoms with Crippen LogP contribution in [0.25, 0.3) is 0 Å². The fourth-order valence-corrected chi connectivity index (χ4v) is 4.67. The molecule has 3 fully saturated rings. The van der Waals surface area contributed by atoms with Gasteiger partial charge < -0.3 is 15.0 Å². The van der Waals surface area contributed by atoms with Gasteiger partial charge in [-0.1, -0.05) is 12.8 Å². The van der Waals surface area contributed by atoms with Gasteiger partial charge in [-0.25, -0.2) is 4.79 Å². The van der Waals surface area contributed by atoms with Gasteiger partial charge in [0.25, 0.3) is 0 Å². The summed E-state index contributed by atoms with van der Waals surface area (Å²) in [7, 11) is 0. The van der Waals surface area contributed by atoms with Crippen molar-refractivity contribution in [2.75, 3.05) is 0 Å². The Bertz CT molecular complexity index is 465. The smallest absolute Gasteiger partial charge is 0.410 e. The Balaban J connectivity index is 1.51. The first-order valence-electron chi connectivity index (χ1n) is 9.62. The van der Waals surface area contributed by atoms with Crippen LogP contribution < -0.4 is 5.32 Å². The van der Waals surface area contributed by atoms with Gasteiger partial charge in [-0.05, 0) is 65.2 Å². The Morgan fingerprint density at radius 1 is 1.04 bits per heavy atom. The summed E-state index contributed by atoms with van der Waals surface area (Å²) in [6.45, 7) is 5.72. The molecule has 2 atom stereocenters. The van der Waals surface area contributed by atoms with E-state index in [0.717, 1.165) is 25.7 Å². The maximum Gasteiger partial charge on any atom is 0.410 e. The highest BCUT2D eigenvalue weighted by atomic mass is 16.6. The van der Waals surface area contributed by atoms with Crippen molar-refractivity contribution in [2.24, 2.45) is 5.92 Å². The van der Waals surface area contributed by atoms with E-state index in [-0.39, 0.29) is 30.1 Å². The zero-order chi connectivity index (χ0) is 17.3. The molecular formula is C19H32N2O3. The summed E-state index contributed by atoms with van der Waals surface area (Å²) >= 11 is 0. The van der Waals surface area contributed by atoms with Crippen molar-refractivity contribution in [1.29, 1.82) is 0 Å². The third-order valence-corrected chi connectivity index (χ3v) is 5.65. The molecule has 0 aromatic heterocycles. The molecule has 2 heterocycles. The lowest BCUT2D eigenvalue weighted by Crippen LogP contribution is -2.53. The average Bonchev–Trinajstić information content (AvgIpc) is 3.03. The molecule has 3 aliphatic rings. The summed E-state index contributed by atoms with van der Waals surface area (Å²) < 4.78 is 5.56. The van der Waals surface area contributed by atoms with Crippen molar-refractivity contribution < 1.29 is 14.3 Å². The van der Waals surface area contributed by atoms with Gasteiger partial charge in [-0.2, -0.15) is 0 Å². The maximum absolute atomic E-state index is 12.4. The van der Waals surface area contributed by atoms with Crippen LogP contribution in [0.5, 0.6) is 0 Å². The number of rotatable bonds is 3. The van der Waals surface area contributed by atoms with E-state index in [4.69, 9.17) is 4.74 Å². The van der Waals surface area contributed by atoms with Crippen LogP contribution in [0.3, 0.4) is 0 Å². The van der Waals surface area contributed by atoms with Gasteiger partial charge >= 0.3 is 6.09 Å². The van der Waals surface area contributed by atoms with Crippen molar-refractivity contribution in [3.63, 3.8) is 0 Å². The SMILES string of the molecule is CC(C)(C)OC(=O)N1C2CCC1CC(NC(=O)CC1CCCC1)C2. The molecule has 2 saturated heterocycles. The summed E-state index contributed by atoms with van der Waals surface area (Å²) in [5, 5.41) is 3.24. The van der Waals surface area contributed by atoms with Crippen LogP contribution in [-0.2, 0) is 9.53 Å². The van der Waals surface area contributed by atoms with Crippen LogP contribution in [0, 0.1) is 5.92 Å². The summed E-state index contributed by atoms with van der Waals surface area (Å²) in [6, 6.07) is 0.654. The van der Waals surface area contributed by atoms with Crippen LogP contribution in [0.4, 0.5) is 4.79 Å². The van der Waals surface area contributed by atoms with Crippen LogP contribution in [0.1, 0.15) is 78.6 Å². The van der Waals surface area contributed by atoms with Crippen molar-refractivity contribution in [1.82, 2.24) is 10.2 Å². The summed E-state index contributed by atoms with van der Waals surface area (Å²) in [4.78, 5) is 26.7. The van der Waals surface area contributed by atoms with Crippen LogP contribution in [-0.4, -0.2) is 40.6 Å². The lowest BCUT2D eigenvalue weighted by Gasteiger charge is -2.39. The summed E-state index contributed by atoms with van der Waals surface area (Å²) in [6.07, 6.45) is 9.24.